The number of ether oxygens (including phenoxy) is 3. The number of benzene rings is 2. The molecule has 0 spiro atoms. The summed E-state index contributed by atoms with van der Waals surface area (Å²) in [6, 6.07) is 13.6. The summed E-state index contributed by atoms with van der Waals surface area (Å²) in [5.41, 5.74) is 4.41. The van der Waals surface area contributed by atoms with Crippen LogP contribution >= 0.6 is 0 Å². The molecule has 0 amide bonds. The van der Waals surface area contributed by atoms with Crippen LogP contribution in [0.4, 0.5) is 0 Å². The van der Waals surface area contributed by atoms with Crippen molar-refractivity contribution < 1.29 is 23.8 Å². The Morgan fingerprint density at radius 1 is 1.00 bits per heavy atom. The van der Waals surface area contributed by atoms with Crippen LogP contribution in [0, 0.1) is 16.7 Å². The van der Waals surface area contributed by atoms with Gasteiger partial charge in [-0.1, -0.05) is 65.8 Å². The van der Waals surface area contributed by atoms with E-state index in [-0.39, 0.29) is 30.5 Å². The fraction of sp³-hybridized carbons (Fsp3) is 0.406. The Labute approximate surface area is 224 Å². The van der Waals surface area contributed by atoms with E-state index in [1.807, 2.05) is 63.2 Å². The molecule has 198 valence electrons. The highest BCUT2D eigenvalue weighted by molar-refractivity contribution is 6.07. The number of Topliss-reactive ketones (excluding diaryl/α,β-unsaturated/α-hetero) is 1. The summed E-state index contributed by atoms with van der Waals surface area (Å²) in [4.78, 5) is 31.3. The van der Waals surface area contributed by atoms with E-state index in [2.05, 4.69) is 26.8 Å². The highest BCUT2D eigenvalue weighted by Crippen LogP contribution is 2.45. The fourth-order valence-electron chi connectivity index (χ4n) is 4.99. The molecule has 2 aromatic carbocycles. The smallest absolute Gasteiger partial charge is 0.339 e. The van der Waals surface area contributed by atoms with Gasteiger partial charge in [0.15, 0.2) is 23.9 Å². The summed E-state index contributed by atoms with van der Waals surface area (Å²) in [5, 5.41) is 0.747. The summed E-state index contributed by atoms with van der Waals surface area (Å²) >= 11 is 0. The van der Waals surface area contributed by atoms with Crippen LogP contribution in [-0.4, -0.2) is 30.1 Å². The Kier molecular flexibility index (Phi) is 6.54. The summed E-state index contributed by atoms with van der Waals surface area (Å²) in [7, 11) is 0. The predicted octanol–water partition coefficient (Wildman–Crippen LogP) is 6.88. The lowest BCUT2D eigenvalue weighted by Crippen LogP contribution is -2.30. The van der Waals surface area contributed by atoms with Gasteiger partial charge >= 0.3 is 5.97 Å². The molecule has 38 heavy (non-hydrogen) atoms. The van der Waals surface area contributed by atoms with Crippen molar-refractivity contribution in [2.24, 2.45) is 16.7 Å². The van der Waals surface area contributed by atoms with Crippen LogP contribution in [0.1, 0.15) is 75.1 Å². The van der Waals surface area contributed by atoms with E-state index in [0.29, 0.717) is 12.0 Å². The van der Waals surface area contributed by atoms with Gasteiger partial charge in [0, 0.05) is 10.8 Å². The summed E-state index contributed by atoms with van der Waals surface area (Å²) in [5.74, 6) is 1.15. The molecule has 6 heteroatoms. The standard InChI is InChI=1S/C32H35NO5/c1-31(2,3)21-15-20(13-19-11-12-25-26(14-19)38-18-37-25)29-23(16-21)28(22-9-7-8-10-24(22)33-29)30(35)36-17-27(34)32(4,5)6/h7-14,21H,15-18H2,1-6H3. The number of fused-ring (bicyclic) bond motifs is 3. The van der Waals surface area contributed by atoms with E-state index in [1.54, 1.807) is 0 Å². The second kappa shape index (κ2) is 9.57. The number of esters is 1. The Morgan fingerprint density at radius 3 is 2.47 bits per heavy atom. The lowest BCUT2D eigenvalue weighted by Gasteiger charge is -2.36. The molecule has 0 N–H and O–H groups in total. The topological polar surface area (TPSA) is 74.7 Å². The average molecular weight is 514 g/mol. The molecule has 0 radical (unpaired) electrons. The third-order valence-electron chi connectivity index (χ3n) is 7.55. The molecule has 0 bridgehead atoms. The Hall–Kier alpha value is -3.67. The van der Waals surface area contributed by atoms with Gasteiger partial charge in [0.1, 0.15) is 0 Å². The molecule has 1 aliphatic heterocycles. The molecule has 1 aliphatic carbocycles. The van der Waals surface area contributed by atoms with E-state index in [9.17, 15) is 9.59 Å². The minimum Gasteiger partial charge on any atom is -0.454 e. The lowest BCUT2D eigenvalue weighted by atomic mass is 9.69. The molecule has 6 nitrogen and oxygen atoms in total. The van der Waals surface area contributed by atoms with E-state index >= 15 is 0 Å². The molecule has 2 heterocycles. The van der Waals surface area contributed by atoms with Gasteiger partial charge in [-0.15, -0.1) is 0 Å². The first-order valence-electron chi connectivity index (χ1n) is 13.1. The van der Waals surface area contributed by atoms with Crippen LogP contribution in [0.3, 0.4) is 0 Å². The number of allylic oxidation sites excluding steroid dienone is 1. The van der Waals surface area contributed by atoms with Crippen molar-refractivity contribution in [1.82, 2.24) is 4.98 Å². The molecule has 1 unspecified atom stereocenters. The van der Waals surface area contributed by atoms with Crippen molar-refractivity contribution in [1.29, 1.82) is 0 Å². The molecule has 1 atom stereocenters. The van der Waals surface area contributed by atoms with Gasteiger partial charge in [0.05, 0.1) is 16.8 Å². The van der Waals surface area contributed by atoms with E-state index in [4.69, 9.17) is 19.2 Å². The van der Waals surface area contributed by atoms with E-state index < -0.39 is 11.4 Å². The Balaban J connectivity index is 1.65. The maximum Gasteiger partial charge on any atom is 0.339 e. The average Bonchev–Trinajstić information content (AvgIpc) is 3.32. The number of hydrogen-bond acceptors (Lipinski definition) is 6. The van der Waals surface area contributed by atoms with Crippen LogP contribution in [0.5, 0.6) is 11.5 Å². The predicted molar refractivity (Wildman–Crippen MR) is 148 cm³/mol. The Bertz CT molecular complexity index is 1460. The van der Waals surface area contributed by atoms with Crippen molar-refractivity contribution in [3.8, 4) is 11.5 Å². The van der Waals surface area contributed by atoms with Crippen molar-refractivity contribution >= 4 is 34.3 Å². The molecule has 2 aliphatic rings. The van der Waals surface area contributed by atoms with Crippen molar-refractivity contribution in [2.75, 3.05) is 13.4 Å². The van der Waals surface area contributed by atoms with Crippen LogP contribution in [0.15, 0.2) is 42.5 Å². The summed E-state index contributed by atoms with van der Waals surface area (Å²) in [6.07, 6.45) is 3.67. The Morgan fingerprint density at radius 2 is 1.74 bits per heavy atom. The molecule has 0 saturated carbocycles. The molecule has 5 rings (SSSR count). The molecular formula is C32H35NO5. The van der Waals surface area contributed by atoms with Gasteiger partial charge in [0.25, 0.3) is 0 Å². The lowest BCUT2D eigenvalue weighted by molar-refractivity contribution is -0.129. The van der Waals surface area contributed by atoms with Crippen molar-refractivity contribution in [2.45, 2.75) is 54.4 Å². The van der Waals surface area contributed by atoms with E-state index in [0.717, 1.165) is 51.2 Å². The van der Waals surface area contributed by atoms with Gasteiger partial charge in [-0.25, -0.2) is 9.78 Å². The second-order valence-corrected chi connectivity index (χ2v) is 12.3. The summed E-state index contributed by atoms with van der Waals surface area (Å²) < 4.78 is 16.7. The number of ketones is 1. The van der Waals surface area contributed by atoms with Gasteiger partial charge in [-0.3, -0.25) is 4.79 Å². The number of rotatable bonds is 4. The van der Waals surface area contributed by atoms with Gasteiger partial charge in [-0.2, -0.15) is 0 Å². The minimum absolute atomic E-state index is 0.000681. The minimum atomic E-state index is -0.585. The molecule has 3 aromatic rings. The SMILES string of the molecule is CC(C)(C)C(=O)COC(=O)c1c2c(nc3ccccc13)C(=Cc1ccc3c(c1)OCO3)CC(C(C)(C)C)C2. The summed E-state index contributed by atoms with van der Waals surface area (Å²) in [6.45, 7) is 12.1. The number of carbonyl (C=O) groups excluding carboxylic acids is 2. The quantitative estimate of drug-likeness (QED) is 0.354. The highest BCUT2D eigenvalue weighted by atomic mass is 16.7. The molecular weight excluding hydrogens is 478 g/mol. The number of carbonyl (C=O) groups is 2. The zero-order valence-corrected chi connectivity index (χ0v) is 23.0. The van der Waals surface area contributed by atoms with Crippen molar-refractivity contribution in [3.63, 3.8) is 0 Å². The largest absolute Gasteiger partial charge is 0.454 e. The van der Waals surface area contributed by atoms with Crippen LogP contribution < -0.4 is 9.47 Å². The first-order valence-corrected chi connectivity index (χ1v) is 13.1. The highest BCUT2D eigenvalue weighted by Gasteiger charge is 2.36. The first-order chi connectivity index (χ1) is 17.9. The van der Waals surface area contributed by atoms with Crippen molar-refractivity contribution in [3.05, 3.63) is 64.8 Å². The van der Waals surface area contributed by atoms with Crippen LogP contribution in [0.2, 0.25) is 0 Å². The van der Waals surface area contributed by atoms with Gasteiger partial charge < -0.3 is 14.2 Å². The zero-order chi connectivity index (χ0) is 27.2. The first kappa shape index (κ1) is 26.0. The molecule has 0 fully saturated rings. The number of aromatic nitrogens is 1. The van der Waals surface area contributed by atoms with E-state index in [1.165, 1.54) is 0 Å². The number of pyridine rings is 1. The normalized spacial score (nSPS) is 17.9. The third kappa shape index (κ3) is 5.04. The maximum absolute atomic E-state index is 13.7. The zero-order valence-electron chi connectivity index (χ0n) is 23.0. The second-order valence-electron chi connectivity index (χ2n) is 12.3. The van der Waals surface area contributed by atoms with Gasteiger partial charge in [0.2, 0.25) is 6.79 Å². The maximum atomic E-state index is 13.7. The third-order valence-corrected chi connectivity index (χ3v) is 7.55. The molecule has 0 saturated heterocycles. The monoisotopic (exact) mass is 513 g/mol. The number of nitrogens with zero attached hydrogens (tertiary/aromatic N) is 1. The molecule has 1 aromatic heterocycles. The number of hydrogen-bond donors (Lipinski definition) is 0. The fourth-order valence-corrected chi connectivity index (χ4v) is 4.99. The van der Waals surface area contributed by atoms with Crippen LogP contribution in [0.25, 0.3) is 22.6 Å². The van der Waals surface area contributed by atoms with Gasteiger partial charge in [-0.05, 0) is 65.1 Å². The number of para-hydroxylation sites is 1. The van der Waals surface area contributed by atoms with Crippen LogP contribution in [-0.2, 0) is 16.0 Å².